The molecule has 1 unspecified atom stereocenters. The lowest BCUT2D eigenvalue weighted by Gasteiger charge is -2.29. The van der Waals surface area contributed by atoms with Crippen molar-refractivity contribution in [3.05, 3.63) is 52.8 Å². The molecule has 0 spiro atoms. The van der Waals surface area contributed by atoms with Gasteiger partial charge in [-0.15, -0.1) is 0 Å². The molecule has 0 saturated carbocycles. The predicted octanol–water partition coefficient (Wildman–Crippen LogP) is 1.52. The van der Waals surface area contributed by atoms with Gasteiger partial charge in [-0.1, -0.05) is 30.3 Å². The van der Waals surface area contributed by atoms with Gasteiger partial charge in [0.25, 0.3) is 0 Å². The summed E-state index contributed by atoms with van der Waals surface area (Å²) < 4.78 is 5.06. The lowest BCUT2D eigenvalue weighted by Crippen LogP contribution is -2.40. The van der Waals surface area contributed by atoms with Gasteiger partial charge in [-0.25, -0.2) is 4.79 Å². The highest BCUT2D eigenvalue weighted by Gasteiger charge is 2.38. The van der Waals surface area contributed by atoms with E-state index in [1.165, 1.54) is 0 Å². The molecule has 29 heavy (non-hydrogen) atoms. The van der Waals surface area contributed by atoms with Gasteiger partial charge in [0, 0.05) is 50.3 Å². The maximum absolute atomic E-state index is 13.1. The molecule has 2 amide bonds. The van der Waals surface area contributed by atoms with Crippen LogP contribution in [0.5, 0.6) is 0 Å². The van der Waals surface area contributed by atoms with E-state index in [4.69, 9.17) is 4.74 Å². The number of H-pyrrole nitrogens is 1. The van der Waals surface area contributed by atoms with Crippen LogP contribution >= 0.6 is 0 Å². The van der Waals surface area contributed by atoms with E-state index in [1.807, 2.05) is 30.3 Å². The van der Waals surface area contributed by atoms with Crippen LogP contribution in [0.1, 0.15) is 40.7 Å². The summed E-state index contributed by atoms with van der Waals surface area (Å²) in [5, 5.41) is 6.96. The number of carbonyl (C=O) groups excluding carboxylic acids is 3. The van der Waals surface area contributed by atoms with E-state index in [1.54, 1.807) is 16.7 Å². The zero-order valence-electron chi connectivity index (χ0n) is 16.4. The maximum atomic E-state index is 13.1. The van der Waals surface area contributed by atoms with Crippen LogP contribution in [0.3, 0.4) is 0 Å². The minimum absolute atomic E-state index is 0.000394. The van der Waals surface area contributed by atoms with Crippen molar-refractivity contribution in [3.8, 4) is 0 Å². The third-order valence-electron chi connectivity index (χ3n) is 5.49. The second kappa shape index (κ2) is 8.06. The van der Waals surface area contributed by atoms with Crippen LogP contribution in [-0.2, 0) is 33.8 Å². The first-order valence-electron chi connectivity index (χ1n) is 9.90. The second-order valence-electron chi connectivity index (χ2n) is 7.42. The molecule has 1 N–H and O–H groups in total. The number of aromatic amines is 1. The molecule has 2 aliphatic heterocycles. The first kappa shape index (κ1) is 19.2. The topological polar surface area (TPSA) is 95.6 Å². The van der Waals surface area contributed by atoms with Crippen LogP contribution in [0, 0.1) is 5.92 Å². The van der Waals surface area contributed by atoms with Crippen molar-refractivity contribution < 1.29 is 19.1 Å². The third-order valence-corrected chi connectivity index (χ3v) is 5.49. The molecule has 4 rings (SSSR count). The Morgan fingerprint density at radius 2 is 2.07 bits per heavy atom. The molecule has 0 radical (unpaired) electrons. The predicted molar refractivity (Wildman–Crippen MR) is 104 cm³/mol. The number of nitrogens with one attached hydrogen (secondary N) is 1. The monoisotopic (exact) mass is 396 g/mol. The largest absolute Gasteiger partial charge is 0.461 e. The molecule has 0 bridgehead atoms. The zero-order chi connectivity index (χ0) is 20.4. The summed E-state index contributed by atoms with van der Waals surface area (Å²) in [6, 6.07) is 9.77. The van der Waals surface area contributed by atoms with Gasteiger partial charge in [-0.3, -0.25) is 14.7 Å². The van der Waals surface area contributed by atoms with Crippen molar-refractivity contribution in [2.24, 2.45) is 5.92 Å². The summed E-state index contributed by atoms with van der Waals surface area (Å²) in [7, 11) is 0. The molecular formula is C21H24N4O4. The van der Waals surface area contributed by atoms with E-state index >= 15 is 0 Å². The number of hydrogen-bond acceptors (Lipinski definition) is 5. The zero-order valence-corrected chi connectivity index (χ0v) is 16.4. The number of hydrogen-bond donors (Lipinski definition) is 1. The fourth-order valence-corrected chi connectivity index (χ4v) is 4.00. The first-order chi connectivity index (χ1) is 14.1. The molecule has 2 aliphatic rings. The van der Waals surface area contributed by atoms with Crippen molar-refractivity contribution in [1.29, 1.82) is 0 Å². The number of ether oxygens (including phenoxy) is 1. The number of amides is 2. The number of rotatable bonds is 5. The van der Waals surface area contributed by atoms with Gasteiger partial charge < -0.3 is 14.5 Å². The molecule has 1 atom stereocenters. The van der Waals surface area contributed by atoms with Crippen LogP contribution in [0.4, 0.5) is 0 Å². The molecule has 8 heteroatoms. The van der Waals surface area contributed by atoms with Crippen molar-refractivity contribution in [2.75, 3.05) is 19.7 Å². The number of likely N-dealkylation sites (tertiary alicyclic amines) is 1. The van der Waals surface area contributed by atoms with Gasteiger partial charge in [-0.2, -0.15) is 5.10 Å². The Hall–Kier alpha value is -3.16. The number of fused-ring (bicyclic) bond motifs is 1. The number of nitrogens with zero attached hydrogens (tertiary/aromatic N) is 3. The van der Waals surface area contributed by atoms with Gasteiger partial charge in [-0.05, 0) is 12.5 Å². The van der Waals surface area contributed by atoms with E-state index in [2.05, 4.69) is 10.2 Å². The lowest BCUT2D eigenvalue weighted by molar-refractivity contribution is -0.136. The Kier molecular flexibility index (Phi) is 5.33. The van der Waals surface area contributed by atoms with Crippen molar-refractivity contribution in [2.45, 2.75) is 32.9 Å². The Morgan fingerprint density at radius 3 is 2.83 bits per heavy atom. The molecule has 1 aromatic carbocycles. The average Bonchev–Trinajstić information content (AvgIpc) is 3.31. The van der Waals surface area contributed by atoms with Crippen LogP contribution < -0.4 is 0 Å². The summed E-state index contributed by atoms with van der Waals surface area (Å²) in [4.78, 5) is 41.1. The van der Waals surface area contributed by atoms with E-state index in [-0.39, 0.29) is 36.5 Å². The van der Waals surface area contributed by atoms with Crippen molar-refractivity contribution in [1.82, 2.24) is 20.0 Å². The molecule has 1 fully saturated rings. The molecule has 152 valence electrons. The fraction of sp³-hybridized carbons (Fsp3) is 0.429. The highest BCUT2D eigenvalue weighted by molar-refractivity contribution is 5.91. The van der Waals surface area contributed by atoms with Crippen LogP contribution in [0.15, 0.2) is 30.3 Å². The minimum atomic E-state index is -0.482. The Morgan fingerprint density at radius 1 is 1.28 bits per heavy atom. The molecule has 8 nitrogen and oxygen atoms in total. The lowest BCUT2D eigenvalue weighted by atomic mass is 10.0. The summed E-state index contributed by atoms with van der Waals surface area (Å²) in [6.07, 6.45) is 0.826. The fourth-order valence-electron chi connectivity index (χ4n) is 4.00. The van der Waals surface area contributed by atoms with Gasteiger partial charge >= 0.3 is 5.97 Å². The Bertz CT molecular complexity index is 924. The first-order valence-corrected chi connectivity index (χ1v) is 9.90. The van der Waals surface area contributed by atoms with E-state index in [0.717, 1.165) is 11.3 Å². The number of benzene rings is 1. The van der Waals surface area contributed by atoms with Gasteiger partial charge in [0.2, 0.25) is 11.8 Å². The highest BCUT2D eigenvalue weighted by atomic mass is 16.5. The molecule has 2 aromatic rings. The average molecular weight is 396 g/mol. The summed E-state index contributed by atoms with van der Waals surface area (Å²) in [5.41, 5.74) is 2.88. The number of esters is 1. The van der Waals surface area contributed by atoms with Crippen molar-refractivity contribution >= 4 is 17.8 Å². The van der Waals surface area contributed by atoms with Gasteiger partial charge in [0.05, 0.1) is 12.5 Å². The van der Waals surface area contributed by atoms with Crippen LogP contribution in [-0.4, -0.2) is 57.5 Å². The summed E-state index contributed by atoms with van der Waals surface area (Å²) in [5.74, 6) is -0.883. The minimum Gasteiger partial charge on any atom is -0.461 e. The third kappa shape index (κ3) is 3.87. The molecule has 1 saturated heterocycles. The molecular weight excluding hydrogens is 372 g/mol. The quantitative estimate of drug-likeness (QED) is 0.773. The maximum Gasteiger partial charge on any atom is 0.359 e. The van der Waals surface area contributed by atoms with Gasteiger partial charge in [0.1, 0.15) is 0 Å². The summed E-state index contributed by atoms with van der Waals surface area (Å²) >= 11 is 0. The second-order valence-corrected chi connectivity index (χ2v) is 7.42. The van der Waals surface area contributed by atoms with E-state index in [9.17, 15) is 14.4 Å². The normalized spacial score (nSPS) is 18.7. The van der Waals surface area contributed by atoms with E-state index in [0.29, 0.717) is 38.2 Å². The summed E-state index contributed by atoms with van der Waals surface area (Å²) in [6.45, 7) is 3.80. The molecule has 0 aliphatic carbocycles. The smallest absolute Gasteiger partial charge is 0.359 e. The highest BCUT2D eigenvalue weighted by Crippen LogP contribution is 2.26. The van der Waals surface area contributed by atoms with Crippen molar-refractivity contribution in [3.63, 3.8) is 0 Å². The Balaban J connectivity index is 1.43. The standard InChI is InChI=1S/C21H24N4O4/c1-2-29-21(28)19-16-13-24(9-8-17(16)22-23-19)20(27)15-10-18(26)25(12-15)11-14-6-4-3-5-7-14/h3-7,15H,2,8-13H2,1H3,(H,22,23). The van der Waals surface area contributed by atoms with Crippen LogP contribution in [0.25, 0.3) is 0 Å². The van der Waals surface area contributed by atoms with Gasteiger partial charge in [0.15, 0.2) is 5.69 Å². The molecule has 3 heterocycles. The Labute approximate surface area is 168 Å². The van der Waals surface area contributed by atoms with Crippen LogP contribution in [0.2, 0.25) is 0 Å². The SMILES string of the molecule is CCOC(=O)c1n[nH]c2c1CN(C(=O)C1CC(=O)N(Cc3ccccc3)C1)CC2. The molecule has 1 aromatic heterocycles. The number of carbonyl (C=O) groups is 3. The van der Waals surface area contributed by atoms with E-state index < -0.39 is 5.97 Å². The number of aromatic nitrogens is 2.